The van der Waals surface area contributed by atoms with Crippen molar-refractivity contribution >= 4 is 29.2 Å². The van der Waals surface area contributed by atoms with Crippen molar-refractivity contribution < 1.29 is 9.63 Å². The molecule has 0 aliphatic carbocycles. The number of thioether (sulfide) groups is 1. The number of nitrogens with two attached hydrogens (primary N) is 1. The van der Waals surface area contributed by atoms with Gasteiger partial charge in [0.1, 0.15) is 5.84 Å². The highest BCUT2D eigenvalue weighted by Crippen LogP contribution is 2.18. The third kappa shape index (κ3) is 6.04. The lowest BCUT2D eigenvalue weighted by Crippen LogP contribution is -2.20. The Hall–Kier alpha value is -2.47. The van der Waals surface area contributed by atoms with Crippen LogP contribution in [0, 0.1) is 0 Å². The third-order valence-corrected chi connectivity index (χ3v) is 3.68. The van der Waals surface area contributed by atoms with E-state index in [4.69, 9.17) is 10.6 Å². The molecule has 120 valence electrons. The van der Waals surface area contributed by atoms with Crippen LogP contribution in [0.15, 0.2) is 64.6 Å². The van der Waals surface area contributed by atoms with Gasteiger partial charge in [-0.2, -0.15) is 0 Å². The second-order valence-corrected chi connectivity index (χ2v) is 5.68. The molecule has 0 aliphatic rings. The second kappa shape index (κ2) is 8.85. The van der Waals surface area contributed by atoms with Gasteiger partial charge in [0.25, 0.3) is 5.91 Å². The fourth-order valence-corrected chi connectivity index (χ4v) is 2.37. The molecule has 0 saturated heterocycles. The molecule has 1 amide bonds. The van der Waals surface area contributed by atoms with Crippen LogP contribution in [0.3, 0.4) is 0 Å². The van der Waals surface area contributed by atoms with E-state index in [0.717, 1.165) is 16.1 Å². The number of oxime groups is 1. The third-order valence-electron chi connectivity index (χ3n) is 2.96. The smallest absolute Gasteiger partial charge is 0.265 e. The van der Waals surface area contributed by atoms with E-state index >= 15 is 0 Å². The van der Waals surface area contributed by atoms with Gasteiger partial charge >= 0.3 is 0 Å². The standard InChI is InChI=1S/C17H19N3O2S/c1-23-15-9-5-8-14(11-15)19-17(21)12-22-20-16(18)10-13-6-3-2-4-7-13/h2-9,11H,10,12H2,1H3,(H2,18,20)(H,19,21). The van der Waals surface area contributed by atoms with Crippen molar-refractivity contribution in [1.82, 2.24) is 0 Å². The summed E-state index contributed by atoms with van der Waals surface area (Å²) in [6, 6.07) is 17.3. The average Bonchev–Trinajstić information content (AvgIpc) is 2.56. The monoisotopic (exact) mass is 329 g/mol. The molecule has 0 aromatic heterocycles. The van der Waals surface area contributed by atoms with Crippen molar-refractivity contribution in [3.63, 3.8) is 0 Å². The number of hydrogen-bond acceptors (Lipinski definition) is 4. The molecule has 0 saturated carbocycles. The highest BCUT2D eigenvalue weighted by atomic mass is 32.2. The molecular weight excluding hydrogens is 310 g/mol. The van der Waals surface area contributed by atoms with Crippen molar-refractivity contribution in [3.05, 3.63) is 60.2 Å². The molecule has 0 atom stereocenters. The highest BCUT2D eigenvalue weighted by molar-refractivity contribution is 7.98. The van der Waals surface area contributed by atoms with Gasteiger partial charge in [-0.05, 0) is 30.0 Å². The summed E-state index contributed by atoms with van der Waals surface area (Å²) in [5.74, 6) is 0.0490. The van der Waals surface area contributed by atoms with Gasteiger partial charge in [-0.1, -0.05) is 41.6 Å². The zero-order valence-electron chi connectivity index (χ0n) is 12.9. The fourth-order valence-electron chi connectivity index (χ4n) is 1.91. The molecule has 0 bridgehead atoms. The van der Waals surface area contributed by atoms with Crippen LogP contribution in [0.2, 0.25) is 0 Å². The predicted octanol–water partition coefficient (Wildman–Crippen LogP) is 2.88. The molecule has 6 heteroatoms. The molecule has 0 radical (unpaired) electrons. The average molecular weight is 329 g/mol. The van der Waals surface area contributed by atoms with Gasteiger partial charge in [-0.15, -0.1) is 11.8 Å². The summed E-state index contributed by atoms with van der Waals surface area (Å²) in [6.45, 7) is -0.182. The Morgan fingerprint density at radius 1 is 1.22 bits per heavy atom. The maximum Gasteiger partial charge on any atom is 0.265 e. The van der Waals surface area contributed by atoms with Gasteiger partial charge in [0.2, 0.25) is 0 Å². The van der Waals surface area contributed by atoms with E-state index in [-0.39, 0.29) is 12.5 Å². The van der Waals surface area contributed by atoms with E-state index in [1.165, 1.54) is 0 Å². The summed E-state index contributed by atoms with van der Waals surface area (Å²) in [6.07, 6.45) is 2.46. The highest BCUT2D eigenvalue weighted by Gasteiger charge is 2.04. The first-order valence-electron chi connectivity index (χ1n) is 7.09. The largest absolute Gasteiger partial charge is 0.384 e. The Balaban J connectivity index is 1.78. The van der Waals surface area contributed by atoms with Gasteiger partial charge in [-0.3, -0.25) is 4.79 Å². The van der Waals surface area contributed by atoms with Gasteiger partial charge in [0, 0.05) is 17.0 Å². The number of carbonyl (C=O) groups excluding carboxylic acids is 1. The molecule has 3 N–H and O–H groups in total. The van der Waals surface area contributed by atoms with Crippen molar-refractivity contribution in [2.45, 2.75) is 11.3 Å². The minimum Gasteiger partial charge on any atom is -0.384 e. The molecule has 0 unspecified atom stereocenters. The lowest BCUT2D eigenvalue weighted by Gasteiger charge is -2.06. The van der Waals surface area contributed by atoms with Crippen molar-refractivity contribution in [3.8, 4) is 0 Å². The van der Waals surface area contributed by atoms with E-state index in [9.17, 15) is 4.79 Å². The van der Waals surface area contributed by atoms with Gasteiger partial charge in [-0.25, -0.2) is 0 Å². The Morgan fingerprint density at radius 3 is 2.74 bits per heavy atom. The number of benzene rings is 2. The van der Waals surface area contributed by atoms with Gasteiger partial charge < -0.3 is 15.9 Å². The number of amidine groups is 1. The Morgan fingerprint density at radius 2 is 2.00 bits per heavy atom. The number of carbonyl (C=O) groups is 1. The maximum absolute atomic E-state index is 11.8. The molecule has 0 heterocycles. The predicted molar refractivity (Wildman–Crippen MR) is 94.6 cm³/mol. The lowest BCUT2D eigenvalue weighted by molar-refractivity contribution is -0.120. The number of nitrogens with one attached hydrogen (secondary N) is 1. The summed E-state index contributed by atoms with van der Waals surface area (Å²) in [4.78, 5) is 17.9. The number of anilines is 1. The van der Waals surface area contributed by atoms with Crippen LogP contribution in [0.25, 0.3) is 0 Å². The lowest BCUT2D eigenvalue weighted by atomic mass is 10.1. The quantitative estimate of drug-likeness (QED) is 0.354. The summed E-state index contributed by atoms with van der Waals surface area (Å²) >= 11 is 1.61. The maximum atomic E-state index is 11.8. The van der Waals surface area contributed by atoms with Gasteiger partial charge in [0.15, 0.2) is 6.61 Å². The molecule has 2 aromatic rings. The molecule has 23 heavy (non-hydrogen) atoms. The fraction of sp³-hybridized carbons (Fsp3) is 0.176. The van der Waals surface area contributed by atoms with E-state index in [0.29, 0.717) is 12.3 Å². The number of amides is 1. The van der Waals surface area contributed by atoms with E-state index in [2.05, 4.69) is 10.5 Å². The zero-order valence-corrected chi connectivity index (χ0v) is 13.7. The first kappa shape index (κ1) is 16.9. The van der Waals surface area contributed by atoms with Crippen LogP contribution in [0.1, 0.15) is 5.56 Å². The Bertz CT molecular complexity index is 675. The molecule has 0 aliphatic heterocycles. The first-order valence-corrected chi connectivity index (χ1v) is 8.32. The van der Waals surface area contributed by atoms with Crippen LogP contribution in [0.5, 0.6) is 0 Å². The van der Waals surface area contributed by atoms with Crippen LogP contribution in [0.4, 0.5) is 5.69 Å². The van der Waals surface area contributed by atoms with Crippen molar-refractivity contribution in [2.75, 3.05) is 18.2 Å². The summed E-state index contributed by atoms with van der Waals surface area (Å²) in [5.41, 5.74) is 7.54. The minimum atomic E-state index is -0.278. The van der Waals surface area contributed by atoms with Crippen LogP contribution >= 0.6 is 11.8 Å². The van der Waals surface area contributed by atoms with E-state index in [1.54, 1.807) is 11.8 Å². The number of nitrogens with zero attached hydrogens (tertiary/aromatic N) is 1. The SMILES string of the molecule is CSc1cccc(NC(=O)CO/N=C(/N)Cc2ccccc2)c1. The summed E-state index contributed by atoms with van der Waals surface area (Å²) < 4.78 is 0. The first-order chi connectivity index (χ1) is 11.2. The minimum absolute atomic E-state index is 0.182. The Labute approximate surface area is 139 Å². The molecule has 0 fully saturated rings. The molecule has 2 rings (SSSR count). The summed E-state index contributed by atoms with van der Waals surface area (Å²) in [5, 5.41) is 6.52. The topological polar surface area (TPSA) is 76.7 Å². The molecule has 0 spiro atoms. The molecular formula is C17H19N3O2S. The zero-order chi connectivity index (χ0) is 16.5. The van der Waals surface area contributed by atoms with E-state index < -0.39 is 0 Å². The molecule has 2 aromatic carbocycles. The van der Waals surface area contributed by atoms with Crippen molar-refractivity contribution in [2.24, 2.45) is 10.9 Å². The number of hydrogen-bond donors (Lipinski definition) is 2. The second-order valence-electron chi connectivity index (χ2n) is 4.80. The molecule has 5 nitrogen and oxygen atoms in total. The van der Waals surface area contributed by atoms with Crippen LogP contribution in [-0.2, 0) is 16.1 Å². The summed E-state index contributed by atoms with van der Waals surface area (Å²) in [7, 11) is 0. The normalized spacial score (nSPS) is 11.1. The Kier molecular flexibility index (Phi) is 6.50. The van der Waals surface area contributed by atoms with E-state index in [1.807, 2.05) is 60.9 Å². The van der Waals surface area contributed by atoms with Crippen LogP contribution < -0.4 is 11.1 Å². The van der Waals surface area contributed by atoms with Crippen LogP contribution in [-0.4, -0.2) is 24.6 Å². The van der Waals surface area contributed by atoms with Crippen molar-refractivity contribution in [1.29, 1.82) is 0 Å². The number of rotatable bonds is 7. The van der Waals surface area contributed by atoms with Gasteiger partial charge in [0.05, 0.1) is 0 Å².